The van der Waals surface area contributed by atoms with E-state index >= 15 is 0 Å². The maximum atomic E-state index is 11.4. The number of likely N-dealkylation sites (tertiary alicyclic amines) is 1. The third-order valence-electron chi connectivity index (χ3n) is 3.14. The van der Waals surface area contributed by atoms with Crippen LogP contribution in [0.15, 0.2) is 0 Å². The molecule has 0 aromatic heterocycles. The molecule has 0 spiro atoms. The lowest BCUT2D eigenvalue weighted by Gasteiger charge is -2.42. The van der Waals surface area contributed by atoms with Crippen molar-refractivity contribution in [1.29, 1.82) is 0 Å². The number of amides is 1. The van der Waals surface area contributed by atoms with Gasteiger partial charge in [0.05, 0.1) is 5.54 Å². The van der Waals surface area contributed by atoms with Gasteiger partial charge in [-0.15, -0.1) is 0 Å². The number of piperidine rings is 1. The molecule has 0 saturated carbocycles. The van der Waals surface area contributed by atoms with Crippen molar-refractivity contribution in [2.24, 2.45) is 0 Å². The average Bonchev–Trinajstić information content (AvgIpc) is 2.14. The first kappa shape index (κ1) is 12.0. The van der Waals surface area contributed by atoms with Crippen molar-refractivity contribution in [3.8, 4) is 0 Å². The van der Waals surface area contributed by atoms with Gasteiger partial charge in [0.25, 0.3) is 0 Å². The van der Waals surface area contributed by atoms with Gasteiger partial charge in [-0.25, -0.2) is 4.79 Å². The number of carbonyl (C=O) groups is 2. The number of unbranched alkanes of at least 4 members (excludes halogenated alkanes) is 1. The molecule has 4 nitrogen and oxygen atoms in total. The third kappa shape index (κ3) is 2.70. The van der Waals surface area contributed by atoms with Gasteiger partial charge in [0, 0.05) is 19.4 Å². The second-order valence-corrected chi connectivity index (χ2v) is 4.50. The van der Waals surface area contributed by atoms with Gasteiger partial charge in [-0.2, -0.15) is 0 Å². The van der Waals surface area contributed by atoms with Gasteiger partial charge in [0.1, 0.15) is 5.78 Å². The van der Waals surface area contributed by atoms with Crippen LogP contribution in [0, 0.1) is 0 Å². The van der Waals surface area contributed by atoms with Crippen LogP contribution < -0.4 is 0 Å². The van der Waals surface area contributed by atoms with Crippen LogP contribution in [-0.4, -0.2) is 34.0 Å². The van der Waals surface area contributed by atoms with Crippen LogP contribution in [-0.2, 0) is 4.79 Å². The highest BCUT2D eigenvalue weighted by Crippen LogP contribution is 2.30. The largest absolute Gasteiger partial charge is 0.465 e. The molecular formula is C11H19NO3. The van der Waals surface area contributed by atoms with E-state index in [2.05, 4.69) is 6.92 Å². The van der Waals surface area contributed by atoms with E-state index in [1.54, 1.807) is 0 Å². The summed E-state index contributed by atoms with van der Waals surface area (Å²) in [6.45, 7) is 4.31. The van der Waals surface area contributed by atoms with Crippen LogP contribution >= 0.6 is 0 Å². The number of ketones is 1. The number of rotatable bonds is 3. The minimum absolute atomic E-state index is 0.186. The first-order chi connectivity index (χ1) is 6.99. The van der Waals surface area contributed by atoms with E-state index in [4.69, 9.17) is 5.11 Å². The van der Waals surface area contributed by atoms with E-state index in [0.717, 1.165) is 19.3 Å². The number of Topliss-reactive ketones (excluding diaryl/α,β-unsaturated/α-hetero) is 1. The summed E-state index contributed by atoms with van der Waals surface area (Å²) in [6, 6.07) is 0. The Labute approximate surface area is 90.3 Å². The molecule has 0 radical (unpaired) electrons. The molecule has 1 saturated heterocycles. The monoisotopic (exact) mass is 213 g/mol. The van der Waals surface area contributed by atoms with Crippen LogP contribution in [0.4, 0.5) is 4.79 Å². The molecule has 0 aromatic rings. The second-order valence-electron chi connectivity index (χ2n) is 4.50. The fraction of sp³-hybridized carbons (Fsp3) is 0.818. The molecule has 1 unspecified atom stereocenters. The van der Waals surface area contributed by atoms with Gasteiger partial charge >= 0.3 is 6.09 Å². The van der Waals surface area contributed by atoms with Crippen molar-refractivity contribution in [1.82, 2.24) is 4.90 Å². The standard InChI is InChI=1S/C11H19NO3/c1-3-4-6-11(2)8-9(13)5-7-12(11)10(14)15/h3-8H2,1-2H3,(H,14,15). The Morgan fingerprint density at radius 1 is 1.60 bits per heavy atom. The van der Waals surface area contributed by atoms with Crippen molar-refractivity contribution < 1.29 is 14.7 Å². The van der Waals surface area contributed by atoms with E-state index < -0.39 is 11.6 Å². The number of hydrogen-bond acceptors (Lipinski definition) is 2. The molecule has 1 amide bonds. The summed E-state index contributed by atoms with van der Waals surface area (Å²) in [5.41, 5.74) is -0.475. The van der Waals surface area contributed by atoms with Crippen molar-refractivity contribution in [3.63, 3.8) is 0 Å². The van der Waals surface area contributed by atoms with Gasteiger partial charge in [-0.3, -0.25) is 4.79 Å². The van der Waals surface area contributed by atoms with Crippen molar-refractivity contribution >= 4 is 11.9 Å². The fourth-order valence-electron chi connectivity index (χ4n) is 2.22. The van der Waals surface area contributed by atoms with E-state index in [0.29, 0.717) is 19.4 Å². The lowest BCUT2D eigenvalue weighted by atomic mass is 9.83. The smallest absolute Gasteiger partial charge is 0.407 e. The maximum Gasteiger partial charge on any atom is 0.407 e. The van der Waals surface area contributed by atoms with E-state index in [9.17, 15) is 9.59 Å². The van der Waals surface area contributed by atoms with Crippen LogP contribution in [0.2, 0.25) is 0 Å². The Bertz CT molecular complexity index is 265. The number of hydrogen-bond donors (Lipinski definition) is 1. The normalized spacial score (nSPS) is 26.8. The van der Waals surface area contributed by atoms with Gasteiger partial charge < -0.3 is 10.0 Å². The predicted octanol–water partition coefficient (Wildman–Crippen LogP) is 2.28. The topological polar surface area (TPSA) is 57.6 Å². The lowest BCUT2D eigenvalue weighted by Crippen LogP contribution is -2.54. The first-order valence-corrected chi connectivity index (χ1v) is 5.52. The van der Waals surface area contributed by atoms with Crippen molar-refractivity contribution in [3.05, 3.63) is 0 Å². The fourth-order valence-corrected chi connectivity index (χ4v) is 2.22. The summed E-state index contributed by atoms with van der Waals surface area (Å²) in [5, 5.41) is 9.07. The third-order valence-corrected chi connectivity index (χ3v) is 3.14. The summed E-state index contributed by atoms with van der Waals surface area (Å²) >= 11 is 0. The van der Waals surface area contributed by atoms with Gasteiger partial charge in [-0.1, -0.05) is 19.8 Å². The molecular weight excluding hydrogens is 194 g/mol. The molecule has 86 valence electrons. The highest BCUT2D eigenvalue weighted by Gasteiger charge is 2.40. The van der Waals surface area contributed by atoms with Gasteiger partial charge in [0.15, 0.2) is 0 Å². The molecule has 0 aromatic carbocycles. The molecule has 1 aliphatic heterocycles. The van der Waals surface area contributed by atoms with Crippen LogP contribution in [0.25, 0.3) is 0 Å². The molecule has 1 N–H and O–H groups in total. The summed E-state index contributed by atoms with van der Waals surface area (Å²) in [4.78, 5) is 23.9. The van der Waals surface area contributed by atoms with Crippen molar-refractivity contribution in [2.45, 2.75) is 51.5 Å². The zero-order chi connectivity index (χ0) is 11.5. The van der Waals surface area contributed by atoms with Crippen LogP contribution in [0.5, 0.6) is 0 Å². The van der Waals surface area contributed by atoms with E-state index in [1.165, 1.54) is 4.90 Å². The number of nitrogens with zero attached hydrogens (tertiary/aromatic N) is 1. The molecule has 1 aliphatic rings. The Kier molecular flexibility index (Phi) is 3.72. The Morgan fingerprint density at radius 2 is 2.27 bits per heavy atom. The summed E-state index contributed by atoms with van der Waals surface area (Å²) < 4.78 is 0. The lowest BCUT2D eigenvalue weighted by molar-refractivity contribution is -0.125. The zero-order valence-electron chi connectivity index (χ0n) is 9.45. The van der Waals surface area contributed by atoms with Crippen LogP contribution in [0.1, 0.15) is 46.0 Å². The SMILES string of the molecule is CCCCC1(C)CC(=O)CCN1C(=O)O. The Morgan fingerprint density at radius 3 is 2.80 bits per heavy atom. The second kappa shape index (κ2) is 4.64. The summed E-state index contributed by atoms with van der Waals surface area (Å²) in [7, 11) is 0. The highest BCUT2D eigenvalue weighted by atomic mass is 16.4. The van der Waals surface area contributed by atoms with Gasteiger partial charge in [0.2, 0.25) is 0 Å². The zero-order valence-corrected chi connectivity index (χ0v) is 9.45. The predicted molar refractivity (Wildman–Crippen MR) is 56.9 cm³/mol. The average molecular weight is 213 g/mol. The summed E-state index contributed by atoms with van der Waals surface area (Å²) in [6.07, 6.45) is 2.61. The first-order valence-electron chi connectivity index (χ1n) is 5.52. The quantitative estimate of drug-likeness (QED) is 0.782. The minimum Gasteiger partial charge on any atom is -0.465 e. The maximum absolute atomic E-state index is 11.4. The van der Waals surface area contributed by atoms with Gasteiger partial charge in [-0.05, 0) is 13.3 Å². The molecule has 0 aliphatic carbocycles. The molecule has 15 heavy (non-hydrogen) atoms. The van der Waals surface area contributed by atoms with Crippen LogP contribution in [0.3, 0.4) is 0 Å². The molecule has 1 atom stereocenters. The Balaban J connectivity index is 2.76. The number of carboxylic acid groups (broad SMARTS) is 1. The van der Waals surface area contributed by atoms with E-state index in [1.807, 2.05) is 6.92 Å². The minimum atomic E-state index is -0.902. The molecule has 4 heteroatoms. The molecule has 1 fully saturated rings. The Hall–Kier alpha value is -1.06. The van der Waals surface area contributed by atoms with E-state index in [-0.39, 0.29) is 5.78 Å². The molecule has 1 rings (SSSR count). The molecule has 1 heterocycles. The number of carbonyl (C=O) groups excluding carboxylic acids is 1. The summed E-state index contributed by atoms with van der Waals surface area (Å²) in [5.74, 6) is 0.186. The highest BCUT2D eigenvalue weighted by molar-refractivity contribution is 5.82. The van der Waals surface area contributed by atoms with Crippen molar-refractivity contribution in [2.75, 3.05) is 6.54 Å². The molecule has 0 bridgehead atoms.